The predicted molar refractivity (Wildman–Crippen MR) is 113 cm³/mol. The highest BCUT2D eigenvalue weighted by Gasteiger charge is 2.14. The standard InChI is InChI=1S/C18H27N5O.HI/c1-2-19-18(21-13-14-7-6-12-24-14)20-11-5-10-17-22-15-8-3-4-9-16(15)23-17;/h3-4,8-9,14H,2,5-7,10-13H2,1H3,(H,22,23)(H2,19,20,21);1H. The van der Waals surface area contributed by atoms with Crippen molar-refractivity contribution in [2.45, 2.75) is 38.7 Å². The molecule has 0 amide bonds. The van der Waals surface area contributed by atoms with E-state index in [-0.39, 0.29) is 30.1 Å². The Hall–Kier alpha value is -1.35. The summed E-state index contributed by atoms with van der Waals surface area (Å²) in [6, 6.07) is 8.14. The number of aromatic amines is 1. The second-order valence-electron chi connectivity index (χ2n) is 6.09. The second-order valence-corrected chi connectivity index (χ2v) is 6.09. The zero-order chi connectivity index (χ0) is 16.6. The fraction of sp³-hybridized carbons (Fsp3) is 0.556. The van der Waals surface area contributed by atoms with Crippen molar-refractivity contribution in [2.24, 2.45) is 4.99 Å². The number of nitrogens with one attached hydrogen (secondary N) is 3. The number of H-pyrrole nitrogens is 1. The van der Waals surface area contributed by atoms with Gasteiger partial charge in [-0.1, -0.05) is 12.1 Å². The van der Waals surface area contributed by atoms with Gasteiger partial charge in [-0.25, -0.2) is 4.98 Å². The van der Waals surface area contributed by atoms with Crippen LogP contribution >= 0.6 is 24.0 Å². The van der Waals surface area contributed by atoms with E-state index in [9.17, 15) is 0 Å². The molecule has 1 aromatic carbocycles. The molecule has 3 N–H and O–H groups in total. The summed E-state index contributed by atoms with van der Waals surface area (Å²) >= 11 is 0. The molecule has 1 aliphatic heterocycles. The van der Waals surface area contributed by atoms with E-state index in [1.54, 1.807) is 0 Å². The molecule has 7 heteroatoms. The number of fused-ring (bicyclic) bond motifs is 1. The maximum absolute atomic E-state index is 5.62. The molecule has 2 heterocycles. The number of ether oxygens (including phenoxy) is 1. The number of halogens is 1. The van der Waals surface area contributed by atoms with Crippen LogP contribution in [0.2, 0.25) is 0 Å². The average molecular weight is 457 g/mol. The fourth-order valence-electron chi connectivity index (χ4n) is 2.91. The summed E-state index contributed by atoms with van der Waals surface area (Å²) in [5, 5.41) is 6.68. The topological polar surface area (TPSA) is 74.3 Å². The van der Waals surface area contributed by atoms with E-state index in [1.165, 1.54) is 0 Å². The molecule has 3 rings (SSSR count). The third kappa shape index (κ3) is 6.14. The van der Waals surface area contributed by atoms with Gasteiger partial charge in [0.25, 0.3) is 0 Å². The van der Waals surface area contributed by atoms with Crippen molar-refractivity contribution in [3.8, 4) is 0 Å². The Morgan fingerprint density at radius 1 is 1.36 bits per heavy atom. The second kappa shape index (κ2) is 10.6. The van der Waals surface area contributed by atoms with E-state index in [1.807, 2.05) is 18.2 Å². The van der Waals surface area contributed by atoms with Crippen LogP contribution in [0.4, 0.5) is 0 Å². The van der Waals surface area contributed by atoms with Crippen LogP contribution in [0.1, 0.15) is 32.0 Å². The third-order valence-electron chi connectivity index (χ3n) is 4.14. The minimum Gasteiger partial charge on any atom is -0.376 e. The van der Waals surface area contributed by atoms with Crippen LogP contribution in [0, 0.1) is 0 Å². The first-order valence-electron chi connectivity index (χ1n) is 8.92. The van der Waals surface area contributed by atoms with Gasteiger partial charge >= 0.3 is 0 Å². The summed E-state index contributed by atoms with van der Waals surface area (Å²) in [6.45, 7) is 5.42. The van der Waals surface area contributed by atoms with E-state index in [2.05, 4.69) is 38.6 Å². The zero-order valence-electron chi connectivity index (χ0n) is 14.8. The van der Waals surface area contributed by atoms with E-state index < -0.39 is 0 Å². The Morgan fingerprint density at radius 2 is 2.24 bits per heavy atom. The molecule has 1 aromatic heterocycles. The van der Waals surface area contributed by atoms with Gasteiger partial charge in [-0.2, -0.15) is 0 Å². The quantitative estimate of drug-likeness (QED) is 0.259. The maximum atomic E-state index is 5.62. The van der Waals surface area contributed by atoms with E-state index in [4.69, 9.17) is 4.74 Å². The molecular weight excluding hydrogens is 429 g/mol. The summed E-state index contributed by atoms with van der Waals surface area (Å²) in [6.07, 6.45) is 4.49. The molecule has 25 heavy (non-hydrogen) atoms. The van der Waals surface area contributed by atoms with Gasteiger partial charge < -0.3 is 20.4 Å². The highest BCUT2D eigenvalue weighted by atomic mass is 127. The van der Waals surface area contributed by atoms with Crippen molar-refractivity contribution >= 4 is 41.0 Å². The molecule has 1 atom stereocenters. The number of para-hydroxylation sites is 2. The van der Waals surface area contributed by atoms with E-state index in [0.717, 1.165) is 74.7 Å². The van der Waals surface area contributed by atoms with Gasteiger partial charge in [-0.05, 0) is 38.3 Å². The molecule has 1 saturated heterocycles. The fourth-order valence-corrected chi connectivity index (χ4v) is 2.91. The number of aromatic nitrogens is 2. The molecule has 138 valence electrons. The van der Waals surface area contributed by atoms with Gasteiger partial charge in [0.05, 0.1) is 23.7 Å². The Labute approximate surface area is 166 Å². The summed E-state index contributed by atoms with van der Waals surface area (Å²) in [4.78, 5) is 12.6. The number of imidazole rings is 1. The van der Waals surface area contributed by atoms with Crippen LogP contribution in [0.5, 0.6) is 0 Å². The number of benzene rings is 1. The van der Waals surface area contributed by atoms with Crippen molar-refractivity contribution in [1.82, 2.24) is 20.6 Å². The third-order valence-corrected chi connectivity index (χ3v) is 4.14. The van der Waals surface area contributed by atoms with Crippen molar-refractivity contribution in [3.05, 3.63) is 30.1 Å². The van der Waals surface area contributed by atoms with Crippen molar-refractivity contribution in [2.75, 3.05) is 26.2 Å². The highest BCUT2D eigenvalue weighted by molar-refractivity contribution is 14.0. The number of aryl methyl sites for hydroxylation is 1. The van der Waals surface area contributed by atoms with Gasteiger partial charge in [0.15, 0.2) is 5.96 Å². The van der Waals surface area contributed by atoms with Crippen LogP contribution in [-0.2, 0) is 11.2 Å². The molecule has 0 spiro atoms. The molecule has 0 saturated carbocycles. The van der Waals surface area contributed by atoms with Crippen LogP contribution in [-0.4, -0.2) is 48.3 Å². The van der Waals surface area contributed by atoms with Gasteiger partial charge in [-0.3, -0.25) is 4.99 Å². The monoisotopic (exact) mass is 457 g/mol. The van der Waals surface area contributed by atoms with Crippen molar-refractivity contribution < 1.29 is 4.74 Å². The Bertz CT molecular complexity index is 633. The van der Waals surface area contributed by atoms with E-state index >= 15 is 0 Å². The molecular formula is C18H28IN5O. The molecule has 0 radical (unpaired) electrons. The number of nitrogens with zero attached hydrogens (tertiary/aromatic N) is 2. The first-order chi connectivity index (χ1) is 11.8. The van der Waals surface area contributed by atoms with Crippen LogP contribution in [0.25, 0.3) is 11.0 Å². The average Bonchev–Trinajstić information content (AvgIpc) is 3.25. The minimum absolute atomic E-state index is 0. The maximum Gasteiger partial charge on any atom is 0.191 e. The molecule has 1 aliphatic rings. The largest absolute Gasteiger partial charge is 0.376 e. The number of hydrogen-bond acceptors (Lipinski definition) is 3. The number of rotatable bonds is 7. The normalized spacial score (nSPS) is 17.5. The van der Waals surface area contributed by atoms with E-state index in [0.29, 0.717) is 0 Å². The first-order valence-corrected chi connectivity index (χ1v) is 8.92. The lowest BCUT2D eigenvalue weighted by atomic mass is 10.2. The van der Waals surface area contributed by atoms with Crippen LogP contribution in [0.3, 0.4) is 0 Å². The Balaban J connectivity index is 0.00000225. The molecule has 2 aromatic rings. The zero-order valence-corrected chi connectivity index (χ0v) is 17.1. The summed E-state index contributed by atoms with van der Waals surface area (Å²) in [5.41, 5.74) is 2.14. The lowest BCUT2D eigenvalue weighted by Crippen LogP contribution is -2.38. The highest BCUT2D eigenvalue weighted by Crippen LogP contribution is 2.12. The Kier molecular flexibility index (Phi) is 8.47. The molecule has 0 aliphatic carbocycles. The summed E-state index contributed by atoms with van der Waals surface area (Å²) in [7, 11) is 0. The lowest BCUT2D eigenvalue weighted by molar-refractivity contribution is 0.117. The molecule has 6 nitrogen and oxygen atoms in total. The number of aliphatic imine (C=N–C) groups is 1. The molecule has 1 fully saturated rings. The van der Waals surface area contributed by atoms with Gasteiger partial charge in [0.1, 0.15) is 5.82 Å². The minimum atomic E-state index is 0. The SMILES string of the molecule is CCNC(=NCC1CCCO1)NCCCc1nc2ccccc2[nH]1.I. The smallest absolute Gasteiger partial charge is 0.191 e. The predicted octanol–water partition coefficient (Wildman–Crippen LogP) is 2.85. The number of guanidine groups is 1. The lowest BCUT2D eigenvalue weighted by Gasteiger charge is -2.12. The number of hydrogen-bond donors (Lipinski definition) is 3. The van der Waals surface area contributed by atoms with Gasteiger partial charge in [-0.15, -0.1) is 24.0 Å². The van der Waals surface area contributed by atoms with Crippen molar-refractivity contribution in [3.63, 3.8) is 0 Å². The van der Waals surface area contributed by atoms with Gasteiger partial charge in [0.2, 0.25) is 0 Å². The summed E-state index contributed by atoms with van der Waals surface area (Å²) in [5.74, 6) is 1.91. The van der Waals surface area contributed by atoms with Gasteiger partial charge in [0, 0.05) is 26.1 Å². The van der Waals surface area contributed by atoms with Crippen LogP contribution in [0.15, 0.2) is 29.3 Å². The summed E-state index contributed by atoms with van der Waals surface area (Å²) < 4.78 is 5.62. The molecule has 0 bridgehead atoms. The van der Waals surface area contributed by atoms with Crippen LogP contribution < -0.4 is 10.6 Å². The first kappa shape index (κ1) is 20.0. The molecule has 1 unspecified atom stereocenters. The Morgan fingerprint density at radius 3 is 3.00 bits per heavy atom. The van der Waals surface area contributed by atoms with Crippen molar-refractivity contribution in [1.29, 1.82) is 0 Å².